The standard InChI is InChI=1S/C23H28N6O2S/c30-23(27-18-16-25-6-5-19(18)28-9-7-24-8-10-28)21-3-2-20(32-21)17-1-4-22(26-15-17)29-11-13-31-14-12-29/h1,3-6,15-16,20,24H,2,7-14H2,(H,27,30). The van der Waals surface area contributed by atoms with Crippen LogP contribution in [-0.4, -0.2) is 68.4 Å². The van der Waals surface area contributed by atoms with E-state index in [4.69, 9.17) is 4.74 Å². The second-order valence-electron chi connectivity index (χ2n) is 8.04. The van der Waals surface area contributed by atoms with Gasteiger partial charge in [0.05, 0.1) is 35.7 Å². The number of morpholine rings is 1. The highest BCUT2D eigenvalue weighted by molar-refractivity contribution is 8.04. The monoisotopic (exact) mass is 452 g/mol. The van der Waals surface area contributed by atoms with Crippen LogP contribution in [0.5, 0.6) is 0 Å². The lowest BCUT2D eigenvalue weighted by Gasteiger charge is -2.30. The summed E-state index contributed by atoms with van der Waals surface area (Å²) in [5, 5.41) is 6.66. The number of hydrogen-bond acceptors (Lipinski definition) is 8. The van der Waals surface area contributed by atoms with Crippen molar-refractivity contribution in [1.29, 1.82) is 0 Å². The van der Waals surface area contributed by atoms with Gasteiger partial charge in [0.1, 0.15) is 5.82 Å². The average molecular weight is 453 g/mol. The highest BCUT2D eigenvalue weighted by Crippen LogP contribution is 2.44. The molecule has 1 atom stereocenters. The first-order chi connectivity index (χ1) is 15.8. The van der Waals surface area contributed by atoms with Crippen LogP contribution in [0.2, 0.25) is 0 Å². The van der Waals surface area contributed by atoms with Gasteiger partial charge in [0.25, 0.3) is 5.91 Å². The molecule has 9 heteroatoms. The van der Waals surface area contributed by atoms with Gasteiger partial charge in [0, 0.05) is 56.9 Å². The Labute approximate surface area is 192 Å². The van der Waals surface area contributed by atoms with E-state index in [0.717, 1.165) is 86.6 Å². The van der Waals surface area contributed by atoms with Gasteiger partial charge >= 0.3 is 0 Å². The molecule has 0 bridgehead atoms. The SMILES string of the molecule is O=C(Nc1cnccc1N1CCNCC1)C1=CCC(c2ccc(N3CCOCC3)nc2)S1. The Bertz CT molecular complexity index is 971. The van der Waals surface area contributed by atoms with E-state index >= 15 is 0 Å². The van der Waals surface area contributed by atoms with Gasteiger partial charge in [-0.3, -0.25) is 9.78 Å². The molecule has 2 aromatic heterocycles. The minimum atomic E-state index is -0.0696. The quantitative estimate of drug-likeness (QED) is 0.716. The fourth-order valence-electron chi connectivity index (χ4n) is 4.23. The van der Waals surface area contributed by atoms with Gasteiger partial charge in [-0.1, -0.05) is 12.1 Å². The molecule has 5 rings (SSSR count). The highest BCUT2D eigenvalue weighted by Gasteiger charge is 2.26. The highest BCUT2D eigenvalue weighted by atomic mass is 32.2. The van der Waals surface area contributed by atoms with Crippen molar-refractivity contribution in [3.8, 4) is 0 Å². The lowest BCUT2D eigenvalue weighted by atomic mass is 10.1. The molecule has 3 aliphatic heterocycles. The molecular formula is C23H28N6O2S. The van der Waals surface area contributed by atoms with Crippen molar-refractivity contribution in [3.63, 3.8) is 0 Å². The summed E-state index contributed by atoms with van der Waals surface area (Å²) in [6.07, 6.45) is 8.31. The predicted octanol–water partition coefficient (Wildman–Crippen LogP) is 2.42. The Kier molecular flexibility index (Phi) is 6.56. The summed E-state index contributed by atoms with van der Waals surface area (Å²) in [5.74, 6) is 0.919. The fourth-order valence-corrected chi connectivity index (χ4v) is 5.36. The second-order valence-corrected chi connectivity index (χ2v) is 9.29. The van der Waals surface area contributed by atoms with Crippen molar-refractivity contribution in [1.82, 2.24) is 15.3 Å². The number of thioether (sulfide) groups is 1. The van der Waals surface area contributed by atoms with Crippen molar-refractivity contribution in [2.24, 2.45) is 0 Å². The van der Waals surface area contributed by atoms with Crippen LogP contribution < -0.4 is 20.4 Å². The topological polar surface area (TPSA) is 82.6 Å². The van der Waals surface area contributed by atoms with Gasteiger partial charge in [0.2, 0.25) is 0 Å². The minimum absolute atomic E-state index is 0.0696. The fraction of sp³-hybridized carbons (Fsp3) is 0.435. The molecule has 5 heterocycles. The predicted molar refractivity (Wildman–Crippen MR) is 128 cm³/mol. The number of aromatic nitrogens is 2. The van der Waals surface area contributed by atoms with Gasteiger partial charge in [-0.05, 0) is 24.1 Å². The molecule has 0 aliphatic carbocycles. The van der Waals surface area contributed by atoms with E-state index in [0.29, 0.717) is 0 Å². The maximum Gasteiger partial charge on any atom is 0.261 e. The summed E-state index contributed by atoms with van der Waals surface area (Å²) in [5.41, 5.74) is 2.94. The zero-order chi connectivity index (χ0) is 21.8. The van der Waals surface area contributed by atoms with Crippen molar-refractivity contribution in [2.45, 2.75) is 11.7 Å². The molecule has 8 nitrogen and oxygen atoms in total. The van der Waals surface area contributed by atoms with Crippen LogP contribution in [-0.2, 0) is 9.53 Å². The lowest BCUT2D eigenvalue weighted by Crippen LogP contribution is -2.43. The van der Waals surface area contributed by atoms with E-state index in [1.807, 2.05) is 18.3 Å². The van der Waals surface area contributed by atoms with Crippen LogP contribution in [0.3, 0.4) is 0 Å². The van der Waals surface area contributed by atoms with E-state index in [-0.39, 0.29) is 11.2 Å². The molecule has 0 spiro atoms. The van der Waals surface area contributed by atoms with Crippen molar-refractivity contribution in [2.75, 3.05) is 67.6 Å². The molecule has 1 amide bonds. The Balaban J connectivity index is 1.21. The zero-order valence-electron chi connectivity index (χ0n) is 18.0. The van der Waals surface area contributed by atoms with Crippen LogP contribution in [0.4, 0.5) is 17.2 Å². The third kappa shape index (κ3) is 4.74. The van der Waals surface area contributed by atoms with Gasteiger partial charge in [-0.2, -0.15) is 0 Å². The van der Waals surface area contributed by atoms with E-state index in [9.17, 15) is 4.79 Å². The van der Waals surface area contributed by atoms with Crippen LogP contribution in [0, 0.1) is 0 Å². The molecule has 2 fully saturated rings. The number of nitrogens with zero attached hydrogens (tertiary/aromatic N) is 4. The second kappa shape index (κ2) is 9.89. The molecule has 0 saturated carbocycles. The Morgan fingerprint density at radius 3 is 2.72 bits per heavy atom. The van der Waals surface area contributed by atoms with Crippen LogP contribution in [0.25, 0.3) is 0 Å². The first-order valence-corrected chi connectivity index (χ1v) is 12.0. The van der Waals surface area contributed by atoms with E-state index in [2.05, 4.69) is 42.5 Å². The summed E-state index contributed by atoms with van der Waals surface area (Å²) in [6, 6.07) is 6.18. The summed E-state index contributed by atoms with van der Waals surface area (Å²) in [4.78, 5) is 27.2. The number of ether oxygens (including phenoxy) is 1. The van der Waals surface area contributed by atoms with Gasteiger partial charge in [-0.25, -0.2) is 4.98 Å². The smallest absolute Gasteiger partial charge is 0.261 e. The van der Waals surface area contributed by atoms with E-state index < -0.39 is 0 Å². The Morgan fingerprint density at radius 2 is 1.94 bits per heavy atom. The number of hydrogen-bond donors (Lipinski definition) is 2. The van der Waals surface area contributed by atoms with Gasteiger partial charge in [-0.15, -0.1) is 11.8 Å². The van der Waals surface area contributed by atoms with Crippen molar-refractivity contribution in [3.05, 3.63) is 53.3 Å². The number of carbonyl (C=O) groups excluding carboxylic acids is 1. The number of allylic oxidation sites excluding steroid dienone is 1. The maximum absolute atomic E-state index is 13.0. The number of nitrogens with one attached hydrogen (secondary N) is 2. The molecular weight excluding hydrogens is 424 g/mol. The largest absolute Gasteiger partial charge is 0.378 e. The van der Waals surface area contributed by atoms with Crippen molar-refractivity contribution < 1.29 is 9.53 Å². The van der Waals surface area contributed by atoms with Crippen LogP contribution >= 0.6 is 11.8 Å². The van der Waals surface area contributed by atoms with Crippen LogP contribution in [0.15, 0.2) is 47.8 Å². The molecule has 1 unspecified atom stereocenters. The molecule has 2 aromatic rings. The molecule has 3 aliphatic rings. The molecule has 2 saturated heterocycles. The maximum atomic E-state index is 13.0. The van der Waals surface area contributed by atoms with Gasteiger partial charge in [0.15, 0.2) is 0 Å². The Morgan fingerprint density at radius 1 is 1.09 bits per heavy atom. The average Bonchev–Trinajstić information content (AvgIpc) is 3.36. The zero-order valence-corrected chi connectivity index (χ0v) is 18.8. The molecule has 0 radical (unpaired) electrons. The first-order valence-electron chi connectivity index (χ1n) is 11.1. The molecule has 168 valence electrons. The number of rotatable bonds is 5. The Hall–Kier alpha value is -2.62. The number of amides is 1. The minimum Gasteiger partial charge on any atom is -0.378 e. The third-order valence-electron chi connectivity index (χ3n) is 5.99. The molecule has 2 N–H and O–H groups in total. The number of piperazine rings is 1. The normalized spacial score (nSPS) is 21.4. The van der Waals surface area contributed by atoms with Crippen molar-refractivity contribution >= 4 is 34.9 Å². The van der Waals surface area contributed by atoms with E-state index in [1.54, 1.807) is 24.2 Å². The molecule has 0 aromatic carbocycles. The van der Waals surface area contributed by atoms with E-state index in [1.165, 1.54) is 0 Å². The summed E-state index contributed by atoms with van der Waals surface area (Å²) < 4.78 is 5.42. The summed E-state index contributed by atoms with van der Waals surface area (Å²) in [7, 11) is 0. The number of anilines is 3. The van der Waals surface area contributed by atoms with Gasteiger partial charge < -0.3 is 25.2 Å². The number of carbonyl (C=O) groups is 1. The third-order valence-corrected chi connectivity index (χ3v) is 7.35. The first kappa shape index (κ1) is 21.2. The van der Waals surface area contributed by atoms with Crippen LogP contribution in [0.1, 0.15) is 17.2 Å². The number of pyridine rings is 2. The molecule has 32 heavy (non-hydrogen) atoms. The summed E-state index contributed by atoms with van der Waals surface area (Å²) >= 11 is 1.61. The summed E-state index contributed by atoms with van der Waals surface area (Å²) in [6.45, 7) is 6.96. The lowest BCUT2D eigenvalue weighted by molar-refractivity contribution is -0.112.